The van der Waals surface area contributed by atoms with Gasteiger partial charge in [-0.1, -0.05) is 140 Å². The lowest BCUT2D eigenvalue weighted by Crippen LogP contribution is -2.67. The van der Waals surface area contributed by atoms with Crippen LogP contribution in [0.3, 0.4) is 0 Å². The van der Waals surface area contributed by atoms with Crippen molar-refractivity contribution < 1.29 is 95.1 Å². The monoisotopic (exact) mass is 1250 g/mol. The largest absolute Gasteiger partial charge is 0.453 e. The summed E-state index contributed by atoms with van der Waals surface area (Å²) in [4.78, 5) is 99.9. The first-order valence-corrected chi connectivity index (χ1v) is 29.5. The number of ether oxygens (including phenoxy) is 13. The molecule has 0 amide bonds. The lowest BCUT2D eigenvalue weighted by atomic mass is 9.95. The van der Waals surface area contributed by atoms with Gasteiger partial charge in [0.1, 0.15) is 12.0 Å². The van der Waals surface area contributed by atoms with Gasteiger partial charge in [0.05, 0.1) is 58.3 Å². The molecule has 21 heteroatoms. The summed E-state index contributed by atoms with van der Waals surface area (Å²) in [5, 5.41) is 0. The minimum Gasteiger partial charge on any atom is -0.453 e. The molecule has 90 heavy (non-hydrogen) atoms. The van der Waals surface area contributed by atoms with Gasteiger partial charge >= 0.3 is 41.8 Å². The molecule has 3 aliphatic rings. The Bertz CT molecular complexity index is 3520. The normalized spacial score (nSPS) is 26.3. The van der Waals surface area contributed by atoms with E-state index in [9.17, 15) is 33.6 Å². The third-order valence-electron chi connectivity index (χ3n) is 14.9. The summed E-state index contributed by atoms with van der Waals surface area (Å²) in [7, 11) is 0. The molecular weight excluding hydrogens is 1180 g/mol. The van der Waals surface area contributed by atoms with Crippen LogP contribution in [0.25, 0.3) is 0 Å². The maximum atomic E-state index is 14.9. The molecule has 0 aromatic heterocycles. The van der Waals surface area contributed by atoms with Gasteiger partial charge in [0.15, 0.2) is 67.7 Å². The topological polar surface area (TPSA) is 239 Å². The van der Waals surface area contributed by atoms with E-state index in [0.29, 0.717) is 5.56 Å². The average molecular weight is 1250 g/mol. The first-order chi connectivity index (χ1) is 43.7. The van der Waals surface area contributed by atoms with Crippen molar-refractivity contribution in [3.8, 4) is 0 Å². The van der Waals surface area contributed by atoms with Crippen molar-refractivity contribution in [2.24, 2.45) is 0 Å². The van der Waals surface area contributed by atoms with E-state index in [1.807, 2.05) is 6.07 Å². The van der Waals surface area contributed by atoms with Crippen LogP contribution >= 0.6 is 11.6 Å². The molecule has 0 bridgehead atoms. The molecule has 20 nitrogen and oxygen atoms in total. The van der Waals surface area contributed by atoms with Gasteiger partial charge < -0.3 is 61.6 Å². The SMILES string of the molecule is C[C@@H]1O[C@@H](O[C@@H]2[C@@H](OC(=O)c3ccccc3)[C@H](C)O[C@@H](O[C@H]3[C@H](OCc4ccccc4)O[C@@H](C)[C@H](OC(=O)c4ccccc4)[C@H]3OC(=O)c3ccccc3)[C@@H]2OC(=O)c2ccccc2)[C@H](OC(=O)c2ccccc2)[C@H](OC(=O)CCl)[C@H]1OC(=O)c1ccccc1. The number of hydrogen-bond donors (Lipinski definition) is 0. The Morgan fingerprint density at radius 1 is 0.311 bits per heavy atom. The van der Waals surface area contributed by atoms with Gasteiger partial charge in [0.2, 0.25) is 0 Å². The first-order valence-electron chi connectivity index (χ1n) is 29.0. The molecule has 10 rings (SSSR count). The van der Waals surface area contributed by atoms with Gasteiger partial charge in [-0.05, 0) is 99.1 Å². The Morgan fingerprint density at radius 3 is 0.900 bits per heavy atom. The van der Waals surface area contributed by atoms with Crippen molar-refractivity contribution in [2.45, 2.75) is 119 Å². The highest BCUT2D eigenvalue weighted by molar-refractivity contribution is 6.26. The van der Waals surface area contributed by atoms with Gasteiger partial charge in [0, 0.05) is 0 Å². The maximum absolute atomic E-state index is 14.9. The minimum atomic E-state index is -1.94. The van der Waals surface area contributed by atoms with Crippen LogP contribution < -0.4 is 0 Å². The molecule has 7 aromatic carbocycles. The molecule has 3 aliphatic heterocycles. The molecular formula is C69H63ClO20. The number of hydrogen-bond acceptors (Lipinski definition) is 20. The first kappa shape index (κ1) is 63.9. The van der Waals surface area contributed by atoms with Gasteiger partial charge in [-0.15, -0.1) is 11.6 Å². The second-order valence-corrected chi connectivity index (χ2v) is 21.4. The molecule has 0 unspecified atom stereocenters. The fourth-order valence-electron chi connectivity index (χ4n) is 10.4. The van der Waals surface area contributed by atoms with Crippen LogP contribution in [0.4, 0.5) is 0 Å². The highest BCUT2D eigenvalue weighted by Gasteiger charge is 2.59. The zero-order valence-corrected chi connectivity index (χ0v) is 49.6. The third kappa shape index (κ3) is 15.8. The van der Waals surface area contributed by atoms with Gasteiger partial charge in [-0.2, -0.15) is 0 Å². The summed E-state index contributed by atoms with van der Waals surface area (Å²) in [6.07, 6.45) is -24.4. The average Bonchev–Trinajstić information content (AvgIpc) is 0.935. The molecule has 15 atom stereocenters. The lowest BCUT2D eigenvalue weighted by molar-refractivity contribution is -0.378. The van der Waals surface area contributed by atoms with Crippen LogP contribution in [0, 0.1) is 0 Å². The third-order valence-corrected chi connectivity index (χ3v) is 15.1. The van der Waals surface area contributed by atoms with E-state index in [2.05, 4.69) is 0 Å². The lowest BCUT2D eigenvalue weighted by Gasteiger charge is -2.50. The van der Waals surface area contributed by atoms with E-state index < -0.39 is 140 Å². The molecule has 0 radical (unpaired) electrons. The van der Waals surface area contributed by atoms with E-state index >= 15 is 0 Å². The van der Waals surface area contributed by atoms with Crippen molar-refractivity contribution >= 4 is 53.4 Å². The summed E-state index contributed by atoms with van der Waals surface area (Å²) in [5.74, 6) is -7.18. The Morgan fingerprint density at radius 2 is 0.567 bits per heavy atom. The molecule has 466 valence electrons. The van der Waals surface area contributed by atoms with Crippen molar-refractivity contribution in [3.05, 3.63) is 251 Å². The van der Waals surface area contributed by atoms with Crippen molar-refractivity contribution in [1.82, 2.24) is 0 Å². The Balaban J connectivity index is 1.11. The van der Waals surface area contributed by atoms with Gasteiger partial charge in [0.25, 0.3) is 0 Å². The van der Waals surface area contributed by atoms with Crippen LogP contribution in [0.15, 0.2) is 212 Å². The Hall–Kier alpha value is -9.12. The number of alkyl halides is 1. The number of halogens is 1. The molecule has 0 spiro atoms. The molecule has 3 fully saturated rings. The Labute approximate surface area is 523 Å². The molecule has 3 saturated heterocycles. The zero-order chi connectivity index (χ0) is 63.1. The zero-order valence-electron chi connectivity index (χ0n) is 48.8. The Kier molecular flexibility index (Phi) is 21.6. The summed E-state index contributed by atoms with van der Waals surface area (Å²) in [6, 6.07) is 56.5. The fourth-order valence-corrected chi connectivity index (χ4v) is 10.5. The highest BCUT2D eigenvalue weighted by atomic mass is 35.5. The number of rotatable bonds is 21. The van der Waals surface area contributed by atoms with Crippen molar-refractivity contribution in [3.63, 3.8) is 0 Å². The number of carbonyl (C=O) groups excluding carboxylic acids is 7. The summed E-state index contributed by atoms with van der Waals surface area (Å²) in [6.45, 7) is 4.47. The van der Waals surface area contributed by atoms with E-state index in [1.165, 1.54) is 86.6 Å². The minimum absolute atomic E-state index is 0.0150. The van der Waals surface area contributed by atoms with Crippen LogP contribution in [-0.2, 0) is 73.0 Å². The van der Waals surface area contributed by atoms with E-state index in [-0.39, 0.29) is 40.0 Å². The van der Waals surface area contributed by atoms with Crippen molar-refractivity contribution in [1.29, 1.82) is 0 Å². The predicted octanol–water partition coefficient (Wildman–Crippen LogP) is 9.71. The number of esters is 7. The number of benzene rings is 7. The molecule has 0 aliphatic carbocycles. The molecule has 3 heterocycles. The van der Waals surface area contributed by atoms with E-state index in [1.54, 1.807) is 140 Å². The highest BCUT2D eigenvalue weighted by Crippen LogP contribution is 2.39. The second kappa shape index (κ2) is 30.4. The molecule has 0 N–H and O–H groups in total. The van der Waals surface area contributed by atoms with Crippen LogP contribution in [-0.4, -0.2) is 140 Å². The van der Waals surface area contributed by atoms with Crippen LogP contribution in [0.2, 0.25) is 0 Å². The number of carbonyl (C=O) groups is 7. The second-order valence-electron chi connectivity index (χ2n) is 21.1. The molecule has 7 aromatic rings. The predicted molar refractivity (Wildman–Crippen MR) is 318 cm³/mol. The van der Waals surface area contributed by atoms with Gasteiger partial charge in [-0.25, -0.2) is 28.8 Å². The smallest absolute Gasteiger partial charge is 0.338 e. The van der Waals surface area contributed by atoms with E-state index in [0.717, 1.165) is 0 Å². The fraction of sp³-hybridized carbons (Fsp3) is 0.290. The van der Waals surface area contributed by atoms with Crippen molar-refractivity contribution in [2.75, 3.05) is 5.88 Å². The van der Waals surface area contributed by atoms with Gasteiger partial charge in [-0.3, -0.25) is 4.79 Å². The summed E-state index contributed by atoms with van der Waals surface area (Å²) >= 11 is 6.10. The quantitative estimate of drug-likeness (QED) is 0.0369. The van der Waals surface area contributed by atoms with Crippen LogP contribution in [0.1, 0.15) is 88.5 Å². The summed E-state index contributed by atoms with van der Waals surface area (Å²) in [5.41, 5.74) is 1.18. The summed E-state index contributed by atoms with van der Waals surface area (Å²) < 4.78 is 84.4. The van der Waals surface area contributed by atoms with Crippen LogP contribution in [0.5, 0.6) is 0 Å². The maximum Gasteiger partial charge on any atom is 0.338 e. The standard InChI is InChI=1S/C69H63ClO20/c1-41-53(84-62(73)46-29-15-6-16-30-46)56(86-64(75)48-33-19-8-20-34-48)58(67(79-41)78-40-44-25-11-4-12-26-44)90-69-60(88-66(77)50-37-23-10-24-38-50)57(54(43(3)81-69)85-63(74)47-31-17-7-18-32-47)89-68-59(87-65(76)49-35-21-9-22-36-49)55(82-51(71)39-70)52(42(2)80-68)83-61(72)45-27-13-5-14-28-45/h4-38,41-43,52-60,67-69H,39-40H2,1-3H3/t41-,42-,43-,52-,53-,54-,55+,56+,57+,58+,59+,60+,67+,68-,69-/m0/s1. The molecule has 0 saturated carbocycles. The van der Waals surface area contributed by atoms with E-state index in [4.69, 9.17) is 73.2 Å².